The quantitative estimate of drug-likeness (QED) is 0.0270. The Kier molecular flexibility index (Phi) is 19.4. The highest BCUT2D eigenvalue weighted by Crippen LogP contribution is 2.55. The molecule has 0 aromatic heterocycles. The molecule has 74 heavy (non-hydrogen) atoms. The zero-order chi connectivity index (χ0) is 53.2. The van der Waals surface area contributed by atoms with E-state index in [1.165, 1.54) is 97.3 Å². The molecule has 0 fully saturated rings. The topological polar surface area (TPSA) is 179 Å². The summed E-state index contributed by atoms with van der Waals surface area (Å²) in [4.78, 5) is 43.4. The summed E-state index contributed by atoms with van der Waals surface area (Å²) < 4.78 is 86.2. The standard InChI is InChI=1S/C57H57O16P/c1-10-68-43-31-49(65-7)55(46(58)28-19-37-13-22-40(62-4)23-14-37)52(34-43)71-74(61,72-53-35-44(69-11-2)32-50(66-8)56(53)47(59)29-20-38-15-24-41(63-5)25-16-38)73-54-36-45(70-12-3)33-51(67-9)57(54)48(60)30-21-39-17-26-42(64-6)27-18-39/h13-36H,10-12H2,1-9H3/b28-19+,29-20+,30-21+. The molecule has 0 atom stereocenters. The minimum atomic E-state index is -5.45. The monoisotopic (exact) mass is 1030 g/mol. The van der Waals surface area contributed by atoms with E-state index in [0.717, 1.165) is 0 Å². The highest BCUT2D eigenvalue weighted by atomic mass is 31.2. The van der Waals surface area contributed by atoms with Crippen LogP contribution in [-0.2, 0) is 4.57 Å². The van der Waals surface area contributed by atoms with Gasteiger partial charge in [0.05, 0.1) is 62.5 Å². The summed E-state index contributed by atoms with van der Waals surface area (Å²) in [6, 6.07) is 29.2. The molecule has 17 heteroatoms. The normalized spacial score (nSPS) is 11.3. The molecular weight excluding hydrogens is 972 g/mol. The lowest BCUT2D eigenvalue weighted by Crippen LogP contribution is -2.14. The van der Waals surface area contributed by atoms with Crippen molar-refractivity contribution in [3.05, 3.63) is 161 Å². The Morgan fingerprint density at radius 1 is 0.365 bits per heavy atom. The van der Waals surface area contributed by atoms with E-state index >= 15 is 4.57 Å². The summed E-state index contributed by atoms with van der Waals surface area (Å²) in [5, 5.41) is 0. The van der Waals surface area contributed by atoms with Crippen LogP contribution in [0.3, 0.4) is 0 Å². The van der Waals surface area contributed by atoms with E-state index in [4.69, 9.17) is 56.2 Å². The molecule has 6 aromatic rings. The van der Waals surface area contributed by atoms with E-state index in [1.54, 1.807) is 112 Å². The van der Waals surface area contributed by atoms with Gasteiger partial charge < -0.3 is 56.2 Å². The number of rotatable bonds is 27. The maximum atomic E-state index is 16.2. The second-order valence-electron chi connectivity index (χ2n) is 15.4. The zero-order valence-corrected chi connectivity index (χ0v) is 43.4. The van der Waals surface area contributed by atoms with Gasteiger partial charge in [-0.2, -0.15) is 4.57 Å². The van der Waals surface area contributed by atoms with Gasteiger partial charge in [0.2, 0.25) is 0 Å². The molecule has 0 saturated carbocycles. The summed E-state index contributed by atoms with van der Waals surface area (Å²) >= 11 is 0. The van der Waals surface area contributed by atoms with Gasteiger partial charge in [-0.3, -0.25) is 14.4 Å². The number of phosphoric ester groups is 1. The number of carbonyl (C=O) groups excluding carboxylic acids is 3. The van der Waals surface area contributed by atoms with Crippen LogP contribution in [0.2, 0.25) is 0 Å². The predicted octanol–water partition coefficient (Wildman–Crippen LogP) is 12.3. The van der Waals surface area contributed by atoms with Crippen LogP contribution in [0.15, 0.2) is 127 Å². The van der Waals surface area contributed by atoms with Crippen LogP contribution >= 0.6 is 7.82 Å². The van der Waals surface area contributed by atoms with Crippen molar-refractivity contribution < 1.29 is 75.2 Å². The van der Waals surface area contributed by atoms with E-state index in [-0.39, 0.29) is 71.0 Å². The van der Waals surface area contributed by atoms with Crippen molar-refractivity contribution in [2.45, 2.75) is 20.8 Å². The Balaban J connectivity index is 1.59. The van der Waals surface area contributed by atoms with Crippen molar-refractivity contribution in [1.82, 2.24) is 0 Å². The number of hydrogen-bond acceptors (Lipinski definition) is 16. The van der Waals surface area contributed by atoms with Gasteiger partial charge in [-0.25, -0.2) is 0 Å². The Hall–Kier alpha value is -8.62. The third-order valence-electron chi connectivity index (χ3n) is 10.7. The first-order chi connectivity index (χ1) is 35.8. The van der Waals surface area contributed by atoms with Crippen LogP contribution < -0.4 is 56.2 Å². The lowest BCUT2D eigenvalue weighted by Gasteiger charge is -2.24. The Morgan fingerprint density at radius 2 is 0.608 bits per heavy atom. The van der Waals surface area contributed by atoms with Gasteiger partial charge >= 0.3 is 7.82 Å². The Labute approximate surface area is 430 Å². The van der Waals surface area contributed by atoms with Gasteiger partial charge in [-0.15, -0.1) is 0 Å². The molecule has 0 N–H and O–H groups in total. The summed E-state index contributed by atoms with van der Waals surface area (Å²) in [6.07, 6.45) is 8.47. The summed E-state index contributed by atoms with van der Waals surface area (Å²) in [6.45, 7) is 5.70. The van der Waals surface area contributed by atoms with Crippen LogP contribution in [0.5, 0.6) is 69.0 Å². The van der Waals surface area contributed by atoms with Gasteiger partial charge in [-0.1, -0.05) is 54.6 Å². The number of benzene rings is 6. The fourth-order valence-corrected chi connectivity index (χ4v) is 8.47. The lowest BCUT2D eigenvalue weighted by atomic mass is 10.1. The molecule has 6 rings (SSSR count). The number of ketones is 3. The molecule has 0 heterocycles. The average molecular weight is 1030 g/mol. The lowest BCUT2D eigenvalue weighted by molar-refractivity contribution is 0.103. The van der Waals surface area contributed by atoms with Gasteiger partial charge in [0, 0.05) is 36.4 Å². The predicted molar refractivity (Wildman–Crippen MR) is 281 cm³/mol. The molecule has 0 bridgehead atoms. The third kappa shape index (κ3) is 14.1. The molecule has 16 nitrogen and oxygen atoms in total. The van der Waals surface area contributed by atoms with Crippen LogP contribution in [0.4, 0.5) is 0 Å². The number of phosphoric acid groups is 1. The average Bonchev–Trinajstić information content (AvgIpc) is 3.41. The number of ether oxygens (including phenoxy) is 9. The van der Waals surface area contributed by atoms with E-state index < -0.39 is 42.4 Å². The minimum Gasteiger partial charge on any atom is -0.497 e. The molecule has 0 unspecified atom stereocenters. The molecule has 0 aliphatic rings. The van der Waals surface area contributed by atoms with Crippen molar-refractivity contribution in [2.24, 2.45) is 0 Å². The van der Waals surface area contributed by atoms with Gasteiger partial charge in [0.1, 0.15) is 68.4 Å². The molecule has 0 saturated heterocycles. The van der Waals surface area contributed by atoms with Crippen LogP contribution in [0.25, 0.3) is 18.2 Å². The molecule has 0 radical (unpaired) electrons. The highest BCUT2D eigenvalue weighted by Gasteiger charge is 2.40. The summed E-state index contributed by atoms with van der Waals surface area (Å²) in [7, 11) is 3.16. The molecule has 0 spiro atoms. The van der Waals surface area contributed by atoms with Crippen molar-refractivity contribution in [3.63, 3.8) is 0 Å². The number of allylic oxidation sites excluding steroid dienone is 3. The molecular formula is C57H57O16P. The van der Waals surface area contributed by atoms with Gasteiger partial charge in [-0.05, 0) is 92.1 Å². The SMILES string of the molecule is CCOc1cc(OC)c(C(=O)/C=C/c2ccc(OC)cc2)c(OP(=O)(Oc2cc(OCC)cc(OC)c2C(=O)/C=C/c2ccc(OC)cc2)Oc2cc(OCC)cc(OC)c2C(=O)/C=C/c2ccc(OC)cc2)c1. The second kappa shape index (κ2) is 26.2. The van der Waals surface area contributed by atoms with Crippen molar-refractivity contribution in [1.29, 1.82) is 0 Å². The van der Waals surface area contributed by atoms with E-state index in [2.05, 4.69) is 0 Å². The minimum absolute atomic E-state index is 0.0408. The number of carbonyl (C=O) groups is 3. The highest BCUT2D eigenvalue weighted by molar-refractivity contribution is 7.49. The molecule has 6 aromatic carbocycles. The maximum Gasteiger partial charge on any atom is 0.647 e. The van der Waals surface area contributed by atoms with Crippen molar-refractivity contribution in [2.75, 3.05) is 62.5 Å². The van der Waals surface area contributed by atoms with Crippen LogP contribution in [-0.4, -0.2) is 79.8 Å². The first-order valence-corrected chi connectivity index (χ1v) is 24.6. The van der Waals surface area contributed by atoms with Crippen molar-refractivity contribution in [3.8, 4) is 69.0 Å². The zero-order valence-electron chi connectivity index (χ0n) is 42.5. The van der Waals surface area contributed by atoms with Crippen LogP contribution in [0, 0.1) is 0 Å². The van der Waals surface area contributed by atoms with Gasteiger partial charge in [0.25, 0.3) is 0 Å². The summed E-state index contributed by atoms with van der Waals surface area (Å²) in [5.74, 6) is -1.08. The Morgan fingerprint density at radius 3 is 0.824 bits per heavy atom. The van der Waals surface area contributed by atoms with E-state index in [9.17, 15) is 14.4 Å². The fraction of sp³-hybridized carbons (Fsp3) is 0.211. The number of methoxy groups -OCH3 is 6. The van der Waals surface area contributed by atoms with Gasteiger partial charge in [0.15, 0.2) is 34.6 Å². The maximum absolute atomic E-state index is 16.2. The second-order valence-corrected chi connectivity index (χ2v) is 16.9. The van der Waals surface area contributed by atoms with E-state index in [0.29, 0.717) is 33.9 Å². The molecule has 386 valence electrons. The number of hydrogen-bond donors (Lipinski definition) is 0. The largest absolute Gasteiger partial charge is 0.647 e. The molecule has 0 aliphatic heterocycles. The van der Waals surface area contributed by atoms with E-state index in [1.807, 2.05) is 0 Å². The van der Waals surface area contributed by atoms with Crippen LogP contribution in [0.1, 0.15) is 68.5 Å². The molecule has 0 amide bonds. The third-order valence-corrected chi connectivity index (χ3v) is 12.0. The smallest absolute Gasteiger partial charge is 0.497 e. The Bertz CT molecular complexity index is 2720. The summed E-state index contributed by atoms with van der Waals surface area (Å²) in [5.41, 5.74) is 1.25. The molecule has 0 aliphatic carbocycles. The first-order valence-electron chi connectivity index (χ1n) is 23.1. The first kappa shape index (κ1) is 54.7. The van der Waals surface area contributed by atoms with Crippen molar-refractivity contribution >= 4 is 43.4 Å². The fourth-order valence-electron chi connectivity index (χ4n) is 7.20.